The van der Waals surface area contributed by atoms with Gasteiger partial charge in [0.15, 0.2) is 0 Å². The number of nitrogens with zero attached hydrogens (tertiary/aromatic N) is 4. The standard InChI is InChI=1S/C17H16N4/c1-11-14-5-3-4-8-20(14)17-15(11)21-10-12-6-7-18-9-13(12)16(21)19(17)2/h3-9,11H,10H2,1-2H3/q+2/i1D3,2D3. The van der Waals surface area contributed by atoms with Gasteiger partial charge in [-0.05, 0) is 25.1 Å². The van der Waals surface area contributed by atoms with Crippen molar-refractivity contribution >= 4 is 0 Å². The minimum Gasteiger partial charge on any atom is -0.264 e. The molecule has 3 aromatic heterocycles. The van der Waals surface area contributed by atoms with Crippen molar-refractivity contribution in [1.29, 1.82) is 0 Å². The number of aromatic nitrogens is 4. The molecule has 0 N–H and O–H groups in total. The van der Waals surface area contributed by atoms with Crippen molar-refractivity contribution in [3.8, 4) is 17.2 Å². The Morgan fingerprint density at radius 3 is 3.29 bits per heavy atom. The van der Waals surface area contributed by atoms with E-state index >= 15 is 0 Å². The van der Waals surface area contributed by atoms with E-state index < -0.39 is 19.7 Å². The molecule has 102 valence electrons. The zero-order valence-corrected chi connectivity index (χ0v) is 11.1. The lowest BCUT2D eigenvalue weighted by Gasteiger charge is -1.99. The SMILES string of the molecule is [2H]C([2H])([2H])C1c2c([n+](C([2H])([2H])[2H])c3n2Cc2ccncc2-3)-[n+]2ccccc21. The van der Waals surface area contributed by atoms with Gasteiger partial charge in [-0.25, -0.2) is 0 Å². The maximum Gasteiger partial charge on any atom is 0.397 e. The smallest absolute Gasteiger partial charge is 0.264 e. The van der Waals surface area contributed by atoms with Crippen LogP contribution in [0.1, 0.15) is 37.9 Å². The highest BCUT2D eigenvalue weighted by atomic mass is 15.3. The van der Waals surface area contributed by atoms with Gasteiger partial charge in [0.05, 0.1) is 4.11 Å². The number of hydrogen-bond donors (Lipinski definition) is 0. The molecule has 1 atom stereocenters. The molecule has 0 amide bonds. The van der Waals surface area contributed by atoms with Gasteiger partial charge >= 0.3 is 11.6 Å². The zero-order valence-electron chi connectivity index (χ0n) is 17.1. The summed E-state index contributed by atoms with van der Waals surface area (Å²) in [6.45, 7) is -4.34. The molecule has 0 fully saturated rings. The van der Waals surface area contributed by atoms with E-state index in [1.54, 1.807) is 41.4 Å². The Morgan fingerprint density at radius 2 is 2.38 bits per heavy atom. The molecule has 0 bridgehead atoms. The van der Waals surface area contributed by atoms with Gasteiger partial charge in [0.25, 0.3) is 5.69 Å². The van der Waals surface area contributed by atoms with Crippen LogP contribution in [0.4, 0.5) is 0 Å². The molecular formula is C17H16N4+2. The minimum atomic E-state index is -2.47. The monoisotopic (exact) mass is 282 g/mol. The Bertz CT molecular complexity index is 1100. The fourth-order valence-corrected chi connectivity index (χ4v) is 3.47. The minimum absolute atomic E-state index is 0.399. The fraction of sp³-hybridized carbons (Fsp3) is 0.235. The normalized spacial score (nSPS) is 22.8. The van der Waals surface area contributed by atoms with Crippen LogP contribution in [0.5, 0.6) is 0 Å². The summed E-state index contributed by atoms with van der Waals surface area (Å²) in [5.41, 5.74) is 2.75. The molecule has 0 aromatic carbocycles. The summed E-state index contributed by atoms with van der Waals surface area (Å²) in [5, 5.41) is 0. The third-order valence-corrected chi connectivity index (χ3v) is 4.37. The second-order valence-electron chi connectivity index (χ2n) is 5.42. The molecule has 0 radical (unpaired) electrons. The van der Waals surface area contributed by atoms with Crippen LogP contribution in [0.25, 0.3) is 17.2 Å². The molecule has 5 rings (SSSR count). The second kappa shape index (κ2) is 3.58. The summed E-state index contributed by atoms with van der Waals surface area (Å²) < 4.78 is 53.6. The van der Waals surface area contributed by atoms with Gasteiger partial charge in [0.2, 0.25) is 0 Å². The van der Waals surface area contributed by atoms with Crippen molar-refractivity contribution in [1.82, 2.24) is 9.55 Å². The third kappa shape index (κ3) is 1.19. The summed E-state index contributed by atoms with van der Waals surface area (Å²) >= 11 is 0. The summed E-state index contributed by atoms with van der Waals surface area (Å²) in [5.74, 6) is -0.00565. The molecule has 0 saturated heterocycles. The number of fused-ring (bicyclic) bond motifs is 7. The number of imidazole rings is 1. The van der Waals surface area contributed by atoms with Crippen LogP contribution in [-0.4, -0.2) is 9.55 Å². The highest BCUT2D eigenvalue weighted by Gasteiger charge is 2.50. The van der Waals surface area contributed by atoms with Crippen LogP contribution < -0.4 is 9.13 Å². The Hall–Kier alpha value is -2.49. The summed E-state index contributed by atoms with van der Waals surface area (Å²) in [7, 11) is 0. The van der Waals surface area contributed by atoms with E-state index in [-0.39, 0.29) is 0 Å². The quantitative estimate of drug-likeness (QED) is 0.449. The first-order chi connectivity index (χ1) is 12.7. The van der Waals surface area contributed by atoms with Crippen molar-refractivity contribution in [3.05, 3.63) is 59.8 Å². The molecule has 1 unspecified atom stereocenters. The van der Waals surface area contributed by atoms with E-state index in [2.05, 4.69) is 4.98 Å². The van der Waals surface area contributed by atoms with Crippen LogP contribution in [0.15, 0.2) is 42.9 Å². The highest BCUT2D eigenvalue weighted by molar-refractivity contribution is 5.63. The number of pyridine rings is 2. The molecular weight excluding hydrogens is 260 g/mol. The summed E-state index contributed by atoms with van der Waals surface area (Å²) in [6, 6.07) is 7.15. The second-order valence-corrected chi connectivity index (χ2v) is 5.42. The summed E-state index contributed by atoms with van der Waals surface area (Å²) in [6.07, 6.45) is 5.03. The van der Waals surface area contributed by atoms with Gasteiger partial charge in [-0.1, -0.05) is 6.07 Å². The van der Waals surface area contributed by atoms with Gasteiger partial charge in [-0.3, -0.25) is 4.98 Å². The molecule has 3 aromatic rings. The van der Waals surface area contributed by atoms with Gasteiger partial charge in [0, 0.05) is 22.1 Å². The van der Waals surface area contributed by atoms with Crippen LogP contribution in [0.2, 0.25) is 0 Å². The zero-order chi connectivity index (χ0) is 19.1. The predicted octanol–water partition coefficient (Wildman–Crippen LogP) is 1.48. The first-order valence-corrected chi connectivity index (χ1v) is 6.83. The Balaban J connectivity index is 1.93. The number of hydrogen-bond acceptors (Lipinski definition) is 1. The van der Waals surface area contributed by atoms with Gasteiger partial charge < -0.3 is 0 Å². The Kier molecular flexibility index (Phi) is 1.19. The van der Waals surface area contributed by atoms with Crippen LogP contribution in [-0.2, 0) is 13.5 Å². The first kappa shape index (κ1) is 6.98. The van der Waals surface area contributed by atoms with E-state index in [0.717, 1.165) is 11.1 Å². The molecule has 4 heteroatoms. The van der Waals surface area contributed by atoms with Crippen molar-refractivity contribution < 1.29 is 17.4 Å². The average Bonchev–Trinajstić information content (AvgIpc) is 3.19. The lowest BCUT2D eigenvalue weighted by atomic mass is 10.1. The maximum absolute atomic E-state index is 8.14. The van der Waals surface area contributed by atoms with Crippen molar-refractivity contribution in [2.24, 2.45) is 6.98 Å². The third-order valence-electron chi connectivity index (χ3n) is 4.37. The van der Waals surface area contributed by atoms with Gasteiger partial charge in [0.1, 0.15) is 36.9 Å². The largest absolute Gasteiger partial charge is 0.397 e. The molecule has 2 aliphatic rings. The van der Waals surface area contributed by atoms with E-state index in [1.807, 2.05) is 10.6 Å². The highest BCUT2D eigenvalue weighted by Crippen LogP contribution is 2.38. The number of rotatable bonds is 0. The van der Waals surface area contributed by atoms with Crippen LogP contribution >= 0.6 is 0 Å². The lowest BCUT2D eigenvalue weighted by Crippen LogP contribution is -2.45. The fourth-order valence-electron chi connectivity index (χ4n) is 3.47. The maximum atomic E-state index is 8.14. The van der Waals surface area contributed by atoms with Crippen LogP contribution in [0.3, 0.4) is 0 Å². The van der Waals surface area contributed by atoms with E-state index in [0.29, 0.717) is 29.6 Å². The van der Waals surface area contributed by atoms with Crippen LogP contribution in [0, 0.1) is 0 Å². The predicted molar refractivity (Wildman–Crippen MR) is 77.0 cm³/mol. The molecule has 0 saturated carbocycles. The van der Waals surface area contributed by atoms with E-state index in [9.17, 15) is 0 Å². The Labute approximate surface area is 131 Å². The average molecular weight is 282 g/mol. The van der Waals surface area contributed by atoms with Crippen molar-refractivity contribution in [2.45, 2.75) is 19.3 Å². The first-order valence-electron chi connectivity index (χ1n) is 9.83. The molecule has 0 aliphatic carbocycles. The van der Waals surface area contributed by atoms with Gasteiger partial charge in [-0.2, -0.15) is 13.7 Å². The molecule has 5 heterocycles. The molecule has 4 nitrogen and oxygen atoms in total. The van der Waals surface area contributed by atoms with E-state index in [1.165, 1.54) is 4.57 Å². The topological polar surface area (TPSA) is 25.6 Å². The summed E-state index contributed by atoms with van der Waals surface area (Å²) in [4.78, 5) is 4.15. The van der Waals surface area contributed by atoms with Crippen molar-refractivity contribution in [2.75, 3.05) is 0 Å². The van der Waals surface area contributed by atoms with E-state index in [4.69, 9.17) is 8.22 Å². The molecule has 0 spiro atoms. The molecule has 2 aliphatic heterocycles. The Morgan fingerprint density at radius 1 is 1.38 bits per heavy atom. The molecule has 21 heavy (non-hydrogen) atoms. The van der Waals surface area contributed by atoms with Crippen molar-refractivity contribution in [3.63, 3.8) is 0 Å². The lowest BCUT2D eigenvalue weighted by molar-refractivity contribution is -0.769. The van der Waals surface area contributed by atoms with Gasteiger partial charge in [-0.15, -0.1) is 0 Å².